The van der Waals surface area contributed by atoms with Crippen LogP contribution in [0.25, 0.3) is 0 Å². The van der Waals surface area contributed by atoms with Gasteiger partial charge in [0.25, 0.3) is 0 Å². The summed E-state index contributed by atoms with van der Waals surface area (Å²) in [7, 11) is 0. The molecule has 1 aliphatic carbocycles. The molecule has 2 N–H and O–H groups in total. The van der Waals surface area contributed by atoms with E-state index in [9.17, 15) is 9.00 Å². The van der Waals surface area contributed by atoms with Gasteiger partial charge in [-0.1, -0.05) is 32.1 Å². The van der Waals surface area contributed by atoms with Crippen LogP contribution in [0.2, 0.25) is 0 Å². The zero-order valence-electron chi connectivity index (χ0n) is 11.0. The lowest BCUT2D eigenvalue weighted by Gasteiger charge is -2.29. The lowest BCUT2D eigenvalue weighted by molar-refractivity contribution is -0.128. The molecule has 0 aliphatic heterocycles. The minimum Gasteiger partial charge on any atom is -0.304 e. The van der Waals surface area contributed by atoms with Crippen LogP contribution in [0.5, 0.6) is 0 Å². The third-order valence-corrected chi connectivity index (χ3v) is 4.92. The van der Waals surface area contributed by atoms with Gasteiger partial charge in [-0.15, -0.1) is 0 Å². The van der Waals surface area contributed by atoms with Gasteiger partial charge in [-0.2, -0.15) is 5.11 Å². The van der Waals surface area contributed by atoms with Gasteiger partial charge < -0.3 is 4.55 Å². The fraction of sp³-hybridized carbons (Fsp3) is 0.917. The van der Waals surface area contributed by atoms with Crippen molar-refractivity contribution in [1.29, 1.82) is 5.53 Å². The maximum absolute atomic E-state index is 12.2. The van der Waals surface area contributed by atoms with Gasteiger partial charge in [0.2, 0.25) is 0 Å². The number of carbonyl (C=O) groups excluding carboxylic acids is 1. The minimum atomic E-state index is -2.27. The third-order valence-electron chi connectivity index (χ3n) is 3.84. The molecule has 0 aromatic carbocycles. The van der Waals surface area contributed by atoms with Crippen molar-refractivity contribution in [2.24, 2.45) is 16.4 Å². The first-order chi connectivity index (χ1) is 8.39. The van der Waals surface area contributed by atoms with E-state index in [0.717, 1.165) is 25.7 Å². The van der Waals surface area contributed by atoms with E-state index in [1.54, 1.807) is 13.8 Å². The van der Waals surface area contributed by atoms with Gasteiger partial charge in [-0.3, -0.25) is 4.79 Å². The van der Waals surface area contributed by atoms with E-state index in [4.69, 9.17) is 10.1 Å². The smallest absolute Gasteiger partial charge is 0.182 e. The zero-order valence-corrected chi connectivity index (χ0v) is 11.8. The molecule has 1 rings (SSSR count). The summed E-state index contributed by atoms with van der Waals surface area (Å²) in [4.78, 5) is 12.2. The summed E-state index contributed by atoms with van der Waals surface area (Å²) in [5.74, 6) is 0.335. The monoisotopic (exact) mass is 274 g/mol. The number of hydrogen-bond donors (Lipinski definition) is 2. The molecule has 5 nitrogen and oxygen atoms in total. The van der Waals surface area contributed by atoms with Crippen molar-refractivity contribution in [2.45, 2.75) is 57.7 Å². The van der Waals surface area contributed by atoms with E-state index in [0.29, 0.717) is 12.3 Å². The van der Waals surface area contributed by atoms with Crippen LogP contribution >= 0.6 is 0 Å². The van der Waals surface area contributed by atoms with Crippen molar-refractivity contribution in [3.63, 3.8) is 0 Å². The normalized spacial score (nSPS) is 21.3. The molecule has 0 bridgehead atoms. The van der Waals surface area contributed by atoms with Crippen molar-refractivity contribution >= 4 is 16.9 Å². The van der Waals surface area contributed by atoms with Crippen LogP contribution < -0.4 is 0 Å². The van der Waals surface area contributed by atoms with E-state index in [1.807, 2.05) is 0 Å². The van der Waals surface area contributed by atoms with Crippen LogP contribution in [0.3, 0.4) is 0 Å². The Labute approximate surface area is 111 Å². The van der Waals surface area contributed by atoms with Crippen LogP contribution in [0.15, 0.2) is 5.11 Å². The van der Waals surface area contributed by atoms with Gasteiger partial charge in [0, 0.05) is 6.42 Å². The Hall–Kier alpha value is -0.620. The molecule has 0 radical (unpaired) electrons. The fourth-order valence-electron chi connectivity index (χ4n) is 2.51. The molecule has 0 aromatic heterocycles. The number of carbonyl (C=O) groups is 1. The second-order valence-electron chi connectivity index (χ2n) is 5.61. The van der Waals surface area contributed by atoms with Gasteiger partial charge in [0.05, 0.1) is 5.41 Å². The highest BCUT2D eigenvalue weighted by atomic mass is 32.2. The van der Waals surface area contributed by atoms with E-state index in [1.165, 1.54) is 6.42 Å². The van der Waals surface area contributed by atoms with Crippen molar-refractivity contribution in [3.05, 3.63) is 0 Å². The van der Waals surface area contributed by atoms with Gasteiger partial charge >= 0.3 is 0 Å². The summed E-state index contributed by atoms with van der Waals surface area (Å²) < 4.78 is 20.2. The predicted octanol–water partition coefficient (Wildman–Crippen LogP) is 3.13. The van der Waals surface area contributed by atoms with E-state index >= 15 is 0 Å². The summed E-state index contributed by atoms with van der Waals surface area (Å²) in [6.07, 6.45) is 6.13. The zero-order chi connectivity index (χ0) is 13.8. The number of ketones is 1. The van der Waals surface area contributed by atoms with Crippen LogP contribution in [0.4, 0.5) is 0 Å². The Bertz CT molecular complexity index is 338. The average molecular weight is 274 g/mol. The van der Waals surface area contributed by atoms with Crippen molar-refractivity contribution in [3.8, 4) is 0 Å². The SMILES string of the molecule is CC(C)(C(=O)CC1CCCCC1)C(N=N)S(=O)O. The van der Waals surface area contributed by atoms with E-state index in [2.05, 4.69) is 5.11 Å². The molecule has 6 heteroatoms. The summed E-state index contributed by atoms with van der Waals surface area (Å²) in [6, 6.07) is 0. The number of hydrogen-bond acceptors (Lipinski definition) is 4. The molecule has 2 atom stereocenters. The van der Waals surface area contributed by atoms with Gasteiger partial charge in [0.1, 0.15) is 5.78 Å². The Kier molecular flexibility index (Phi) is 5.59. The molecular weight excluding hydrogens is 252 g/mol. The first-order valence-electron chi connectivity index (χ1n) is 6.39. The molecule has 2 unspecified atom stereocenters. The highest BCUT2D eigenvalue weighted by Crippen LogP contribution is 2.33. The Morgan fingerprint density at radius 2 is 2.00 bits per heavy atom. The first kappa shape index (κ1) is 15.4. The van der Waals surface area contributed by atoms with Gasteiger partial charge in [-0.05, 0) is 19.8 Å². The molecule has 18 heavy (non-hydrogen) atoms. The molecule has 0 amide bonds. The summed E-state index contributed by atoms with van der Waals surface area (Å²) in [6.45, 7) is 3.21. The van der Waals surface area contributed by atoms with Crippen LogP contribution in [-0.4, -0.2) is 19.9 Å². The molecule has 0 aromatic rings. The summed E-state index contributed by atoms with van der Waals surface area (Å²) in [5, 5.41) is 1.99. The molecule has 1 fully saturated rings. The van der Waals surface area contributed by atoms with E-state index < -0.39 is 21.9 Å². The number of nitrogens with one attached hydrogen (secondary N) is 1. The number of Topliss-reactive ketones (excluding diaryl/α,β-unsaturated/α-hetero) is 1. The maximum Gasteiger partial charge on any atom is 0.182 e. The van der Waals surface area contributed by atoms with Crippen molar-refractivity contribution in [1.82, 2.24) is 0 Å². The Morgan fingerprint density at radius 3 is 2.44 bits per heavy atom. The maximum atomic E-state index is 12.2. The van der Waals surface area contributed by atoms with Crippen molar-refractivity contribution in [2.75, 3.05) is 0 Å². The Morgan fingerprint density at radius 1 is 1.44 bits per heavy atom. The molecule has 1 saturated carbocycles. The van der Waals surface area contributed by atoms with Gasteiger partial charge in [-0.25, -0.2) is 9.74 Å². The molecule has 0 heterocycles. The topological polar surface area (TPSA) is 90.6 Å². The summed E-state index contributed by atoms with van der Waals surface area (Å²) >= 11 is -2.27. The van der Waals surface area contributed by atoms with Crippen LogP contribution in [0, 0.1) is 16.9 Å². The quantitative estimate of drug-likeness (QED) is 0.576. The third kappa shape index (κ3) is 3.68. The van der Waals surface area contributed by atoms with Gasteiger partial charge in [0.15, 0.2) is 16.5 Å². The molecule has 0 spiro atoms. The lowest BCUT2D eigenvalue weighted by Crippen LogP contribution is -2.39. The molecule has 104 valence electrons. The first-order valence-corrected chi connectivity index (χ1v) is 7.56. The highest BCUT2D eigenvalue weighted by Gasteiger charge is 2.41. The molecule has 0 saturated heterocycles. The lowest BCUT2D eigenvalue weighted by atomic mass is 9.78. The predicted molar refractivity (Wildman–Crippen MR) is 69.7 cm³/mol. The summed E-state index contributed by atoms with van der Waals surface area (Å²) in [5.41, 5.74) is 5.94. The fourth-order valence-corrected chi connectivity index (χ4v) is 3.24. The minimum absolute atomic E-state index is 0.0576. The van der Waals surface area contributed by atoms with Crippen LogP contribution in [-0.2, 0) is 15.9 Å². The number of rotatable bonds is 6. The van der Waals surface area contributed by atoms with Crippen LogP contribution in [0.1, 0.15) is 52.4 Å². The second-order valence-corrected chi connectivity index (χ2v) is 6.61. The Balaban J connectivity index is 2.67. The van der Waals surface area contributed by atoms with Crippen molar-refractivity contribution < 1.29 is 13.6 Å². The standard InChI is InChI=1S/C12H22N2O3S/c1-12(2,11(14-13)18(16)17)10(15)8-9-6-4-3-5-7-9/h9,11,13H,3-8H2,1-2H3,(H,16,17). The molecule has 1 aliphatic rings. The second kappa shape index (κ2) is 6.52. The highest BCUT2D eigenvalue weighted by molar-refractivity contribution is 7.79. The largest absolute Gasteiger partial charge is 0.304 e. The average Bonchev–Trinajstić information content (AvgIpc) is 2.30. The van der Waals surface area contributed by atoms with E-state index in [-0.39, 0.29) is 5.78 Å². The molecular formula is C12H22N2O3S. The number of nitrogens with zero attached hydrogens (tertiary/aromatic N) is 1.